The van der Waals surface area contributed by atoms with E-state index >= 15 is 0 Å². The quantitative estimate of drug-likeness (QED) is 0.598. The summed E-state index contributed by atoms with van der Waals surface area (Å²) in [6.07, 6.45) is 12.0. The molecule has 0 saturated carbocycles. The number of allylic oxidation sites excluding steroid dienone is 2. The lowest BCUT2D eigenvalue weighted by Gasteiger charge is -2.10. The number of rotatable bonds is 4. The van der Waals surface area contributed by atoms with Gasteiger partial charge in [-0.2, -0.15) is 0 Å². The highest BCUT2D eigenvalue weighted by Gasteiger charge is 1.97. The average Bonchev–Trinajstić information content (AvgIpc) is 2.57. The fraction of sp³-hybridized carbons (Fsp3) is 0.333. The first-order valence-electron chi connectivity index (χ1n) is 4.06. The van der Waals surface area contributed by atoms with Crippen molar-refractivity contribution in [1.82, 2.24) is 15.5 Å². The maximum atomic E-state index is 3.11. The van der Waals surface area contributed by atoms with Crippen LogP contribution in [-0.4, -0.2) is 25.2 Å². The third-order valence-electron chi connectivity index (χ3n) is 1.55. The maximum absolute atomic E-state index is 3.11. The Morgan fingerprint density at radius 3 is 3.17 bits per heavy atom. The summed E-state index contributed by atoms with van der Waals surface area (Å²) in [7, 11) is 1.89. The molecule has 1 rings (SSSR count). The lowest BCUT2D eigenvalue weighted by molar-refractivity contribution is 0.432. The van der Waals surface area contributed by atoms with Crippen LogP contribution in [0.15, 0.2) is 36.8 Å². The molecule has 0 aliphatic carbocycles. The van der Waals surface area contributed by atoms with E-state index in [1.807, 2.05) is 37.8 Å². The molecule has 0 radical (unpaired) electrons. The number of hydrogen-bond donors (Lipinski definition) is 2. The van der Waals surface area contributed by atoms with Crippen LogP contribution in [0.3, 0.4) is 0 Å². The molecule has 0 amide bonds. The van der Waals surface area contributed by atoms with Crippen LogP contribution in [0, 0.1) is 0 Å². The molecule has 0 saturated heterocycles. The Kier molecular flexibility index (Phi) is 3.84. The van der Waals surface area contributed by atoms with Crippen molar-refractivity contribution in [3.8, 4) is 0 Å². The predicted molar refractivity (Wildman–Crippen MR) is 51.2 cm³/mol. The molecule has 1 heterocycles. The van der Waals surface area contributed by atoms with Gasteiger partial charge >= 0.3 is 0 Å². The molecule has 0 unspecified atom stereocenters. The highest BCUT2D eigenvalue weighted by atomic mass is 15.2. The minimum atomic E-state index is 0.917. The first-order chi connectivity index (χ1) is 5.93. The van der Waals surface area contributed by atoms with Crippen molar-refractivity contribution in [3.05, 3.63) is 36.8 Å². The predicted octanol–water partition coefficient (Wildman–Crippen LogP) is 0.610. The molecule has 0 fully saturated rings. The van der Waals surface area contributed by atoms with Crippen molar-refractivity contribution in [3.63, 3.8) is 0 Å². The Morgan fingerprint density at radius 1 is 1.58 bits per heavy atom. The van der Waals surface area contributed by atoms with E-state index in [9.17, 15) is 0 Å². The molecule has 0 aromatic heterocycles. The molecule has 1 aliphatic rings. The Hall–Kier alpha value is -1.38. The van der Waals surface area contributed by atoms with Crippen molar-refractivity contribution < 1.29 is 0 Å². The molecule has 3 heteroatoms. The van der Waals surface area contributed by atoms with Gasteiger partial charge in [-0.1, -0.05) is 12.2 Å². The van der Waals surface area contributed by atoms with Crippen LogP contribution in [0.4, 0.5) is 0 Å². The molecular weight excluding hydrogens is 150 g/mol. The summed E-state index contributed by atoms with van der Waals surface area (Å²) in [6.45, 7) is 1.87. The van der Waals surface area contributed by atoms with Crippen molar-refractivity contribution in [2.45, 2.75) is 0 Å². The molecule has 0 aromatic rings. The van der Waals surface area contributed by atoms with E-state index < -0.39 is 0 Å². The molecule has 66 valence electrons. The Labute approximate surface area is 73.4 Å². The van der Waals surface area contributed by atoms with Gasteiger partial charge in [-0.05, 0) is 12.3 Å². The van der Waals surface area contributed by atoms with Crippen LogP contribution in [-0.2, 0) is 0 Å². The van der Waals surface area contributed by atoms with Gasteiger partial charge in [-0.25, -0.2) is 0 Å². The SMILES string of the molecule is CN/C=C\C=C\CN1C=CNC1. The lowest BCUT2D eigenvalue weighted by Crippen LogP contribution is -2.20. The van der Waals surface area contributed by atoms with Crippen LogP contribution in [0.5, 0.6) is 0 Å². The van der Waals surface area contributed by atoms with Gasteiger partial charge in [0.1, 0.15) is 0 Å². The molecule has 0 atom stereocenters. The Balaban J connectivity index is 2.11. The van der Waals surface area contributed by atoms with Crippen LogP contribution in [0.25, 0.3) is 0 Å². The molecule has 0 spiro atoms. The first-order valence-corrected chi connectivity index (χ1v) is 4.06. The zero-order valence-corrected chi connectivity index (χ0v) is 7.33. The van der Waals surface area contributed by atoms with E-state index in [1.165, 1.54) is 0 Å². The minimum Gasteiger partial charge on any atom is -0.394 e. The number of nitrogens with one attached hydrogen (secondary N) is 2. The average molecular weight is 165 g/mol. The molecule has 12 heavy (non-hydrogen) atoms. The normalized spacial score (nSPS) is 16.2. The van der Waals surface area contributed by atoms with Crippen molar-refractivity contribution in [2.75, 3.05) is 20.3 Å². The summed E-state index contributed by atoms with van der Waals surface area (Å²) in [5, 5.41) is 6.03. The second-order valence-electron chi connectivity index (χ2n) is 2.53. The van der Waals surface area contributed by atoms with Gasteiger partial charge < -0.3 is 15.5 Å². The standard InChI is InChI=1S/C9H15N3/c1-10-5-3-2-4-7-12-8-6-11-9-12/h2-6,8,10-11H,7,9H2,1H3/b4-2+,5-3-. The van der Waals surface area contributed by atoms with E-state index in [1.54, 1.807) is 0 Å². The maximum Gasteiger partial charge on any atom is 0.0870 e. The van der Waals surface area contributed by atoms with Crippen molar-refractivity contribution in [1.29, 1.82) is 0 Å². The Morgan fingerprint density at radius 2 is 2.50 bits per heavy atom. The fourth-order valence-corrected chi connectivity index (χ4v) is 0.933. The van der Waals surface area contributed by atoms with E-state index in [2.05, 4.69) is 21.6 Å². The smallest absolute Gasteiger partial charge is 0.0870 e. The summed E-state index contributed by atoms with van der Waals surface area (Å²) in [6, 6.07) is 0. The summed E-state index contributed by atoms with van der Waals surface area (Å²) in [5.41, 5.74) is 0. The van der Waals surface area contributed by atoms with Crippen molar-refractivity contribution >= 4 is 0 Å². The molecule has 1 aliphatic heterocycles. The van der Waals surface area contributed by atoms with Gasteiger partial charge in [0.25, 0.3) is 0 Å². The zero-order chi connectivity index (χ0) is 8.65. The molecule has 3 nitrogen and oxygen atoms in total. The topological polar surface area (TPSA) is 27.3 Å². The highest BCUT2D eigenvalue weighted by Crippen LogP contribution is 1.93. The van der Waals surface area contributed by atoms with Crippen LogP contribution in [0.2, 0.25) is 0 Å². The van der Waals surface area contributed by atoms with Crippen LogP contribution >= 0.6 is 0 Å². The third kappa shape index (κ3) is 3.14. The van der Waals surface area contributed by atoms with Crippen molar-refractivity contribution in [2.24, 2.45) is 0 Å². The minimum absolute atomic E-state index is 0.917. The Bertz CT molecular complexity index is 194. The van der Waals surface area contributed by atoms with Gasteiger partial charge in [0, 0.05) is 26.0 Å². The monoisotopic (exact) mass is 165 g/mol. The molecular formula is C9H15N3. The summed E-state index contributed by atoms with van der Waals surface area (Å²) < 4.78 is 0. The highest BCUT2D eigenvalue weighted by molar-refractivity contribution is 5.03. The summed E-state index contributed by atoms with van der Waals surface area (Å²) >= 11 is 0. The van der Waals surface area contributed by atoms with Crippen LogP contribution < -0.4 is 10.6 Å². The van der Waals surface area contributed by atoms with Gasteiger partial charge in [0.05, 0.1) is 6.67 Å². The summed E-state index contributed by atoms with van der Waals surface area (Å²) in [4.78, 5) is 2.18. The van der Waals surface area contributed by atoms with E-state index in [0.717, 1.165) is 13.2 Å². The van der Waals surface area contributed by atoms with Gasteiger partial charge in [0.15, 0.2) is 0 Å². The van der Waals surface area contributed by atoms with Gasteiger partial charge in [-0.15, -0.1) is 0 Å². The zero-order valence-electron chi connectivity index (χ0n) is 7.33. The molecule has 0 bridgehead atoms. The first kappa shape index (κ1) is 8.71. The number of nitrogens with zero attached hydrogens (tertiary/aromatic N) is 1. The molecule has 0 aromatic carbocycles. The lowest BCUT2D eigenvalue weighted by atomic mass is 10.4. The summed E-state index contributed by atoms with van der Waals surface area (Å²) in [5.74, 6) is 0. The number of hydrogen-bond acceptors (Lipinski definition) is 3. The second kappa shape index (κ2) is 5.29. The van der Waals surface area contributed by atoms with Crippen LogP contribution in [0.1, 0.15) is 0 Å². The largest absolute Gasteiger partial charge is 0.394 e. The van der Waals surface area contributed by atoms with E-state index in [-0.39, 0.29) is 0 Å². The molecule has 2 N–H and O–H groups in total. The van der Waals surface area contributed by atoms with Gasteiger partial charge in [-0.3, -0.25) is 0 Å². The fourth-order valence-electron chi connectivity index (χ4n) is 0.933. The van der Waals surface area contributed by atoms with E-state index in [0.29, 0.717) is 0 Å². The van der Waals surface area contributed by atoms with Gasteiger partial charge in [0.2, 0.25) is 0 Å². The third-order valence-corrected chi connectivity index (χ3v) is 1.55. The second-order valence-corrected chi connectivity index (χ2v) is 2.53. The van der Waals surface area contributed by atoms with E-state index in [4.69, 9.17) is 0 Å².